The van der Waals surface area contributed by atoms with Crippen molar-refractivity contribution >= 4 is 11.6 Å². The van der Waals surface area contributed by atoms with E-state index in [1.54, 1.807) is 0 Å². The van der Waals surface area contributed by atoms with Crippen LogP contribution in [0.1, 0.15) is 27.2 Å². The second-order valence-electron chi connectivity index (χ2n) is 2.50. The molecular formula is C7H12ClN. The van der Waals surface area contributed by atoms with Gasteiger partial charge in [-0.1, -0.05) is 6.92 Å². The molecule has 2 atom stereocenters. The van der Waals surface area contributed by atoms with Gasteiger partial charge in [0.25, 0.3) is 0 Å². The molecule has 0 rings (SSSR count). The van der Waals surface area contributed by atoms with E-state index in [2.05, 4.69) is 6.07 Å². The van der Waals surface area contributed by atoms with Crippen molar-refractivity contribution in [1.82, 2.24) is 0 Å². The molecule has 0 aliphatic carbocycles. The van der Waals surface area contributed by atoms with E-state index in [9.17, 15) is 0 Å². The highest BCUT2D eigenvalue weighted by Crippen LogP contribution is 2.28. The Kier molecular flexibility index (Phi) is 3.00. The van der Waals surface area contributed by atoms with Crippen molar-refractivity contribution < 1.29 is 0 Å². The molecule has 0 saturated heterocycles. The van der Waals surface area contributed by atoms with E-state index >= 15 is 0 Å². The van der Waals surface area contributed by atoms with E-state index in [1.165, 1.54) is 0 Å². The van der Waals surface area contributed by atoms with Crippen LogP contribution < -0.4 is 0 Å². The van der Waals surface area contributed by atoms with Gasteiger partial charge in [0.1, 0.15) is 0 Å². The van der Waals surface area contributed by atoms with Crippen LogP contribution in [-0.2, 0) is 0 Å². The lowest BCUT2D eigenvalue weighted by Crippen LogP contribution is -2.22. The third kappa shape index (κ3) is 1.87. The number of hydrogen-bond acceptors (Lipinski definition) is 1. The van der Waals surface area contributed by atoms with E-state index < -0.39 is 0 Å². The monoisotopic (exact) mass is 145 g/mol. The molecular weight excluding hydrogens is 134 g/mol. The zero-order valence-electron chi connectivity index (χ0n) is 6.11. The molecule has 0 heterocycles. The highest BCUT2D eigenvalue weighted by Gasteiger charge is 2.27. The third-order valence-corrected chi connectivity index (χ3v) is 2.35. The molecule has 2 unspecified atom stereocenters. The van der Waals surface area contributed by atoms with Crippen LogP contribution in [0.4, 0.5) is 0 Å². The second kappa shape index (κ2) is 3.08. The lowest BCUT2D eigenvalue weighted by molar-refractivity contribution is 0.417. The smallest absolute Gasteiger partial charge is 0.0703 e. The summed E-state index contributed by atoms with van der Waals surface area (Å²) >= 11 is 5.76. The zero-order chi connectivity index (χ0) is 7.49. The molecule has 0 aromatic rings. The highest BCUT2D eigenvalue weighted by molar-refractivity contribution is 6.21. The van der Waals surface area contributed by atoms with Crippen molar-refractivity contribution in [2.24, 2.45) is 5.41 Å². The summed E-state index contributed by atoms with van der Waals surface area (Å²) in [7, 11) is 0. The molecule has 0 aliphatic heterocycles. The molecule has 0 N–H and O–H groups in total. The summed E-state index contributed by atoms with van der Waals surface area (Å²) in [6, 6.07) is 2.20. The predicted molar refractivity (Wildman–Crippen MR) is 39.3 cm³/mol. The summed E-state index contributed by atoms with van der Waals surface area (Å²) in [5.41, 5.74) is -0.346. The minimum absolute atomic E-state index is 0.0625. The van der Waals surface area contributed by atoms with Crippen molar-refractivity contribution in [2.75, 3.05) is 0 Å². The molecule has 0 amide bonds. The van der Waals surface area contributed by atoms with E-state index in [4.69, 9.17) is 16.9 Å². The highest BCUT2D eigenvalue weighted by atomic mass is 35.5. The van der Waals surface area contributed by atoms with Gasteiger partial charge in [-0.2, -0.15) is 5.26 Å². The Bertz CT molecular complexity index is 125. The molecule has 9 heavy (non-hydrogen) atoms. The first kappa shape index (κ1) is 8.78. The molecule has 0 aromatic heterocycles. The maximum Gasteiger partial charge on any atom is 0.0703 e. The Morgan fingerprint density at radius 3 is 2.22 bits per heavy atom. The Labute approximate surface area is 61.6 Å². The summed E-state index contributed by atoms with van der Waals surface area (Å²) in [4.78, 5) is 0. The van der Waals surface area contributed by atoms with E-state index in [0.717, 1.165) is 6.42 Å². The van der Waals surface area contributed by atoms with Crippen LogP contribution in [0.5, 0.6) is 0 Å². The lowest BCUT2D eigenvalue weighted by Gasteiger charge is -2.21. The average Bonchev–Trinajstić information content (AvgIpc) is 1.86. The Hall–Kier alpha value is -0.220. The fourth-order valence-corrected chi connectivity index (χ4v) is 0.652. The van der Waals surface area contributed by atoms with Crippen LogP contribution in [-0.4, -0.2) is 5.38 Å². The normalized spacial score (nSPS) is 19.9. The van der Waals surface area contributed by atoms with Crippen molar-refractivity contribution in [3.63, 3.8) is 0 Å². The SMILES string of the molecule is CCC(C)(C#N)C(C)Cl. The largest absolute Gasteiger partial charge is 0.198 e. The Morgan fingerprint density at radius 1 is 1.78 bits per heavy atom. The molecule has 0 bridgehead atoms. The van der Waals surface area contributed by atoms with Crippen LogP contribution in [0.15, 0.2) is 0 Å². The third-order valence-electron chi connectivity index (χ3n) is 1.87. The molecule has 0 fully saturated rings. The molecule has 0 spiro atoms. The molecule has 0 aliphatic rings. The summed E-state index contributed by atoms with van der Waals surface area (Å²) in [6.45, 7) is 5.71. The standard InChI is InChI=1S/C7H12ClN/c1-4-7(3,5-9)6(2)8/h6H,4H2,1-3H3. The van der Waals surface area contributed by atoms with Crippen molar-refractivity contribution in [3.05, 3.63) is 0 Å². The van der Waals surface area contributed by atoms with Crippen LogP contribution in [0, 0.1) is 16.7 Å². The molecule has 52 valence electrons. The maximum absolute atomic E-state index is 8.62. The van der Waals surface area contributed by atoms with Gasteiger partial charge in [-0.05, 0) is 20.3 Å². The van der Waals surface area contributed by atoms with Gasteiger partial charge in [0.05, 0.1) is 11.5 Å². The number of rotatable bonds is 2. The van der Waals surface area contributed by atoms with E-state index in [0.29, 0.717) is 0 Å². The number of nitrogens with zero attached hydrogens (tertiary/aromatic N) is 1. The van der Waals surface area contributed by atoms with Gasteiger partial charge in [-0.25, -0.2) is 0 Å². The van der Waals surface area contributed by atoms with Gasteiger partial charge < -0.3 is 0 Å². The number of hydrogen-bond donors (Lipinski definition) is 0. The summed E-state index contributed by atoms with van der Waals surface area (Å²) in [5, 5.41) is 8.56. The van der Waals surface area contributed by atoms with Crippen molar-refractivity contribution in [2.45, 2.75) is 32.6 Å². The molecule has 0 radical (unpaired) electrons. The first-order valence-corrected chi connectivity index (χ1v) is 3.55. The van der Waals surface area contributed by atoms with Gasteiger partial charge in [0.2, 0.25) is 0 Å². The van der Waals surface area contributed by atoms with E-state index in [-0.39, 0.29) is 10.8 Å². The van der Waals surface area contributed by atoms with Crippen LogP contribution in [0.2, 0.25) is 0 Å². The molecule has 0 aromatic carbocycles. The molecule has 1 nitrogen and oxygen atoms in total. The number of halogens is 1. The van der Waals surface area contributed by atoms with Gasteiger partial charge in [0, 0.05) is 5.38 Å². The Morgan fingerprint density at radius 2 is 2.22 bits per heavy atom. The van der Waals surface area contributed by atoms with Gasteiger partial charge in [-0.15, -0.1) is 11.6 Å². The first-order valence-electron chi connectivity index (χ1n) is 3.12. The first-order chi connectivity index (χ1) is 4.06. The summed E-state index contributed by atoms with van der Waals surface area (Å²) < 4.78 is 0. The zero-order valence-corrected chi connectivity index (χ0v) is 6.87. The predicted octanol–water partition coefficient (Wildman–Crippen LogP) is 2.55. The summed E-state index contributed by atoms with van der Waals surface area (Å²) in [6.07, 6.45) is 0.814. The quantitative estimate of drug-likeness (QED) is 0.548. The molecule has 0 saturated carbocycles. The van der Waals surface area contributed by atoms with Gasteiger partial charge in [0.15, 0.2) is 0 Å². The summed E-state index contributed by atoms with van der Waals surface area (Å²) in [5.74, 6) is 0. The minimum atomic E-state index is -0.346. The average molecular weight is 146 g/mol. The van der Waals surface area contributed by atoms with Crippen LogP contribution >= 0.6 is 11.6 Å². The van der Waals surface area contributed by atoms with Crippen LogP contribution in [0.25, 0.3) is 0 Å². The fourth-order valence-electron chi connectivity index (χ4n) is 0.449. The second-order valence-corrected chi connectivity index (χ2v) is 3.15. The number of nitriles is 1. The minimum Gasteiger partial charge on any atom is -0.198 e. The number of alkyl halides is 1. The van der Waals surface area contributed by atoms with Crippen molar-refractivity contribution in [1.29, 1.82) is 5.26 Å². The van der Waals surface area contributed by atoms with Gasteiger partial charge >= 0.3 is 0 Å². The van der Waals surface area contributed by atoms with E-state index in [1.807, 2.05) is 20.8 Å². The van der Waals surface area contributed by atoms with Crippen LogP contribution in [0.3, 0.4) is 0 Å². The van der Waals surface area contributed by atoms with Crippen molar-refractivity contribution in [3.8, 4) is 6.07 Å². The molecule has 2 heteroatoms. The van der Waals surface area contributed by atoms with Gasteiger partial charge in [-0.3, -0.25) is 0 Å². The fraction of sp³-hybridized carbons (Fsp3) is 0.857. The Balaban J connectivity index is 4.14. The lowest BCUT2D eigenvalue weighted by atomic mass is 9.86. The maximum atomic E-state index is 8.62. The topological polar surface area (TPSA) is 23.8 Å².